The molecule has 2 aromatic rings. The van der Waals surface area contributed by atoms with Crippen LogP contribution in [-0.2, 0) is 0 Å². The molecule has 2 rings (SSSR count). The first-order valence-electron chi connectivity index (χ1n) is 6.72. The Kier molecular flexibility index (Phi) is 5.42. The molecule has 0 radical (unpaired) electrons. The van der Waals surface area contributed by atoms with Crippen molar-refractivity contribution in [3.63, 3.8) is 0 Å². The Morgan fingerprint density at radius 3 is 2.71 bits per heavy atom. The summed E-state index contributed by atoms with van der Waals surface area (Å²) in [5.41, 5.74) is 0.648. The van der Waals surface area contributed by atoms with Crippen molar-refractivity contribution in [2.75, 3.05) is 6.61 Å². The van der Waals surface area contributed by atoms with Crippen molar-refractivity contribution in [2.24, 2.45) is 0 Å². The van der Waals surface area contributed by atoms with E-state index in [1.807, 2.05) is 13.8 Å². The Labute approximate surface area is 129 Å². The molecule has 1 aromatic heterocycles. The van der Waals surface area contributed by atoms with Gasteiger partial charge in [-0.2, -0.15) is 0 Å². The van der Waals surface area contributed by atoms with Gasteiger partial charge >= 0.3 is 0 Å². The maximum atomic E-state index is 10.2. The highest BCUT2D eigenvalue weighted by atomic mass is 35.5. The quantitative estimate of drug-likeness (QED) is 0.885. The molecule has 0 amide bonds. The van der Waals surface area contributed by atoms with Gasteiger partial charge in [0.15, 0.2) is 0 Å². The zero-order chi connectivity index (χ0) is 15.2. The highest BCUT2D eigenvalue weighted by Gasteiger charge is 2.11. The first-order valence-corrected chi connectivity index (χ1v) is 7.10. The zero-order valence-electron chi connectivity index (χ0n) is 12.0. The summed E-state index contributed by atoms with van der Waals surface area (Å²) >= 11 is 5.88. The number of ether oxygens (including phenoxy) is 2. The number of pyridine rings is 1. The lowest BCUT2D eigenvalue weighted by Crippen LogP contribution is -2.11. The van der Waals surface area contributed by atoms with Gasteiger partial charge in [-0.3, -0.25) is 4.98 Å². The second-order valence-corrected chi connectivity index (χ2v) is 5.34. The molecule has 1 aromatic carbocycles. The summed E-state index contributed by atoms with van der Waals surface area (Å²) in [7, 11) is 0. The molecule has 0 bridgehead atoms. The molecule has 0 aliphatic carbocycles. The summed E-state index contributed by atoms with van der Waals surface area (Å²) in [6.07, 6.45) is 2.49. The molecular formula is C16H18ClNO3. The maximum Gasteiger partial charge on any atom is 0.138 e. The van der Waals surface area contributed by atoms with Crippen LogP contribution in [0.2, 0.25) is 5.02 Å². The van der Waals surface area contributed by atoms with E-state index in [0.717, 1.165) is 0 Å². The molecule has 1 unspecified atom stereocenters. The summed E-state index contributed by atoms with van der Waals surface area (Å²) in [5, 5.41) is 10.7. The van der Waals surface area contributed by atoms with Gasteiger partial charge in [0.2, 0.25) is 0 Å². The van der Waals surface area contributed by atoms with Crippen LogP contribution < -0.4 is 9.47 Å². The minimum Gasteiger partial charge on any atom is -0.490 e. The van der Waals surface area contributed by atoms with E-state index in [4.69, 9.17) is 21.1 Å². The number of hydrogen-bond acceptors (Lipinski definition) is 4. The van der Waals surface area contributed by atoms with E-state index in [2.05, 4.69) is 4.98 Å². The SMILES string of the molecule is CC(C)Oc1cncc(C(O)COc2cccc(Cl)c2)c1. The molecule has 0 fully saturated rings. The topological polar surface area (TPSA) is 51.6 Å². The molecule has 5 heteroatoms. The van der Waals surface area contributed by atoms with E-state index in [1.165, 1.54) is 0 Å². The van der Waals surface area contributed by atoms with Crippen LogP contribution in [0.3, 0.4) is 0 Å². The predicted octanol–water partition coefficient (Wildman–Crippen LogP) is 3.63. The van der Waals surface area contributed by atoms with Crippen molar-refractivity contribution in [3.8, 4) is 11.5 Å². The molecule has 4 nitrogen and oxygen atoms in total. The second-order valence-electron chi connectivity index (χ2n) is 4.90. The zero-order valence-corrected chi connectivity index (χ0v) is 12.7. The van der Waals surface area contributed by atoms with Crippen molar-refractivity contribution in [2.45, 2.75) is 26.1 Å². The van der Waals surface area contributed by atoms with Crippen LogP contribution in [0.5, 0.6) is 11.5 Å². The fourth-order valence-electron chi connectivity index (χ4n) is 1.78. The fraction of sp³-hybridized carbons (Fsp3) is 0.312. The molecule has 0 aliphatic heterocycles. The average Bonchev–Trinajstić information content (AvgIpc) is 2.44. The van der Waals surface area contributed by atoms with Crippen LogP contribution >= 0.6 is 11.6 Å². The third-order valence-corrected chi connectivity index (χ3v) is 2.93. The van der Waals surface area contributed by atoms with Gasteiger partial charge in [-0.15, -0.1) is 0 Å². The van der Waals surface area contributed by atoms with Crippen molar-refractivity contribution < 1.29 is 14.6 Å². The van der Waals surface area contributed by atoms with Gasteiger partial charge in [0, 0.05) is 16.8 Å². The predicted molar refractivity (Wildman–Crippen MR) is 81.9 cm³/mol. The fourth-order valence-corrected chi connectivity index (χ4v) is 1.96. The number of halogens is 1. The molecular weight excluding hydrogens is 290 g/mol. The van der Waals surface area contributed by atoms with E-state index in [-0.39, 0.29) is 12.7 Å². The van der Waals surface area contributed by atoms with Gasteiger partial charge in [0.1, 0.15) is 24.2 Å². The van der Waals surface area contributed by atoms with Crippen LogP contribution in [-0.4, -0.2) is 22.8 Å². The average molecular weight is 308 g/mol. The summed E-state index contributed by atoms with van der Waals surface area (Å²) in [6, 6.07) is 8.81. The molecule has 0 saturated carbocycles. The third kappa shape index (κ3) is 4.92. The van der Waals surface area contributed by atoms with Crippen LogP contribution in [0.25, 0.3) is 0 Å². The number of aliphatic hydroxyl groups excluding tert-OH is 1. The maximum absolute atomic E-state index is 10.2. The highest BCUT2D eigenvalue weighted by molar-refractivity contribution is 6.30. The van der Waals surface area contributed by atoms with E-state index < -0.39 is 6.10 Å². The van der Waals surface area contributed by atoms with Crippen LogP contribution in [0, 0.1) is 0 Å². The lowest BCUT2D eigenvalue weighted by molar-refractivity contribution is 0.107. The normalized spacial score (nSPS) is 12.2. The van der Waals surface area contributed by atoms with E-state index in [1.54, 1.807) is 42.7 Å². The number of aromatic nitrogens is 1. The molecule has 0 aliphatic rings. The molecule has 1 atom stereocenters. The molecule has 21 heavy (non-hydrogen) atoms. The van der Waals surface area contributed by atoms with Crippen LogP contribution in [0.4, 0.5) is 0 Å². The third-order valence-electron chi connectivity index (χ3n) is 2.69. The lowest BCUT2D eigenvalue weighted by Gasteiger charge is -2.14. The summed E-state index contributed by atoms with van der Waals surface area (Å²) in [6.45, 7) is 3.99. The summed E-state index contributed by atoms with van der Waals surface area (Å²) in [5.74, 6) is 1.24. The van der Waals surface area contributed by atoms with Crippen molar-refractivity contribution in [1.29, 1.82) is 0 Å². The molecule has 1 N–H and O–H groups in total. The lowest BCUT2D eigenvalue weighted by atomic mass is 10.2. The molecule has 1 heterocycles. The van der Waals surface area contributed by atoms with E-state index >= 15 is 0 Å². The van der Waals surface area contributed by atoms with Gasteiger partial charge in [-0.1, -0.05) is 17.7 Å². The Hall–Kier alpha value is -1.78. The van der Waals surface area contributed by atoms with E-state index in [9.17, 15) is 5.11 Å². The number of benzene rings is 1. The standard InChI is InChI=1S/C16H18ClNO3/c1-11(2)21-15-6-12(8-18-9-15)16(19)10-20-14-5-3-4-13(17)7-14/h3-9,11,16,19H,10H2,1-2H3. The first kappa shape index (κ1) is 15.6. The summed E-state index contributed by atoms with van der Waals surface area (Å²) < 4.78 is 11.1. The largest absolute Gasteiger partial charge is 0.490 e. The van der Waals surface area contributed by atoms with Gasteiger partial charge in [-0.05, 0) is 38.1 Å². The van der Waals surface area contributed by atoms with Gasteiger partial charge < -0.3 is 14.6 Å². The van der Waals surface area contributed by atoms with Crippen molar-refractivity contribution in [3.05, 3.63) is 53.3 Å². The van der Waals surface area contributed by atoms with Gasteiger partial charge in [0.25, 0.3) is 0 Å². The van der Waals surface area contributed by atoms with Crippen molar-refractivity contribution >= 4 is 11.6 Å². The van der Waals surface area contributed by atoms with E-state index in [0.29, 0.717) is 22.1 Å². The molecule has 0 saturated heterocycles. The number of hydrogen-bond donors (Lipinski definition) is 1. The highest BCUT2D eigenvalue weighted by Crippen LogP contribution is 2.21. The minimum atomic E-state index is -0.785. The minimum absolute atomic E-state index is 0.0573. The monoisotopic (exact) mass is 307 g/mol. The van der Waals surface area contributed by atoms with Crippen LogP contribution in [0.1, 0.15) is 25.5 Å². The van der Waals surface area contributed by atoms with Crippen molar-refractivity contribution in [1.82, 2.24) is 4.98 Å². The molecule has 112 valence electrons. The van der Waals surface area contributed by atoms with Crippen LogP contribution in [0.15, 0.2) is 42.7 Å². The Bertz CT molecular complexity index is 589. The van der Waals surface area contributed by atoms with Gasteiger partial charge in [-0.25, -0.2) is 0 Å². The smallest absolute Gasteiger partial charge is 0.138 e. The Morgan fingerprint density at radius 1 is 1.19 bits per heavy atom. The number of aliphatic hydroxyl groups is 1. The Morgan fingerprint density at radius 2 is 2.00 bits per heavy atom. The number of nitrogens with zero attached hydrogens (tertiary/aromatic N) is 1. The number of rotatable bonds is 6. The van der Waals surface area contributed by atoms with Gasteiger partial charge in [0.05, 0.1) is 12.3 Å². The Balaban J connectivity index is 1.98. The second kappa shape index (κ2) is 7.29. The molecule has 0 spiro atoms. The summed E-state index contributed by atoms with van der Waals surface area (Å²) in [4.78, 5) is 4.07. The first-order chi connectivity index (χ1) is 10.0.